The van der Waals surface area contributed by atoms with Crippen molar-refractivity contribution in [3.05, 3.63) is 23.8 Å². The first kappa shape index (κ1) is 13.2. The summed E-state index contributed by atoms with van der Waals surface area (Å²) >= 11 is 0. The Morgan fingerprint density at radius 3 is 2.58 bits per heavy atom. The molecule has 0 heterocycles. The second-order valence-corrected chi connectivity index (χ2v) is 5.16. The molecule has 0 aliphatic heterocycles. The van der Waals surface area contributed by atoms with Crippen LogP contribution in [0.3, 0.4) is 0 Å². The van der Waals surface area contributed by atoms with Gasteiger partial charge in [0, 0.05) is 18.3 Å². The van der Waals surface area contributed by atoms with Gasteiger partial charge in [-0.2, -0.15) is 0 Å². The van der Waals surface area contributed by atoms with Gasteiger partial charge in [-0.3, -0.25) is 0 Å². The lowest BCUT2D eigenvalue weighted by molar-refractivity contribution is 0.0694. The van der Waals surface area contributed by atoms with Gasteiger partial charge in [0.1, 0.15) is 11.3 Å². The number of aromatic carboxylic acids is 1. The molecule has 102 valence electrons. The zero-order chi connectivity index (χ0) is 14.0. The van der Waals surface area contributed by atoms with Crippen molar-refractivity contribution in [2.75, 3.05) is 11.9 Å². The van der Waals surface area contributed by atoms with Crippen LogP contribution in [0.4, 0.5) is 10.5 Å². The molecule has 1 aromatic rings. The maximum Gasteiger partial charge on any atom is 0.339 e. The Bertz CT molecular complexity index is 523. The largest absolute Gasteiger partial charge is 0.507 e. The minimum absolute atomic E-state index is 0.198. The van der Waals surface area contributed by atoms with Gasteiger partial charge in [0.2, 0.25) is 0 Å². The zero-order valence-electron chi connectivity index (χ0n) is 10.6. The second-order valence-electron chi connectivity index (χ2n) is 5.16. The maximum absolute atomic E-state index is 11.6. The predicted octanol–water partition coefficient (Wildman–Crippen LogP) is 2.01. The van der Waals surface area contributed by atoms with E-state index in [-0.39, 0.29) is 22.8 Å². The summed E-state index contributed by atoms with van der Waals surface area (Å²) in [5, 5.41) is 23.5. The SMILES string of the molecule is CC1(CNC(=O)Nc2ccc(C(=O)O)c(O)c2)CC1. The van der Waals surface area contributed by atoms with Crippen molar-refractivity contribution in [1.82, 2.24) is 5.32 Å². The molecule has 1 saturated carbocycles. The van der Waals surface area contributed by atoms with Gasteiger partial charge < -0.3 is 20.8 Å². The van der Waals surface area contributed by atoms with Gasteiger partial charge in [0.25, 0.3) is 0 Å². The maximum atomic E-state index is 11.6. The number of urea groups is 1. The first-order valence-corrected chi connectivity index (χ1v) is 6.01. The number of aromatic hydroxyl groups is 1. The van der Waals surface area contributed by atoms with Crippen LogP contribution in [0, 0.1) is 5.41 Å². The molecule has 6 heteroatoms. The molecule has 0 spiro atoms. The summed E-state index contributed by atoms with van der Waals surface area (Å²) < 4.78 is 0. The molecule has 0 bridgehead atoms. The predicted molar refractivity (Wildman–Crippen MR) is 69.4 cm³/mol. The van der Waals surface area contributed by atoms with E-state index in [4.69, 9.17) is 5.11 Å². The smallest absolute Gasteiger partial charge is 0.339 e. The van der Waals surface area contributed by atoms with Crippen LogP contribution in [0.2, 0.25) is 0 Å². The number of hydrogen-bond donors (Lipinski definition) is 4. The molecule has 1 fully saturated rings. The molecule has 0 unspecified atom stereocenters. The van der Waals surface area contributed by atoms with Crippen molar-refractivity contribution >= 4 is 17.7 Å². The minimum atomic E-state index is -1.21. The number of nitrogens with one attached hydrogen (secondary N) is 2. The van der Waals surface area contributed by atoms with E-state index in [0.717, 1.165) is 12.8 Å². The standard InChI is InChI=1S/C13H16N2O4/c1-13(4-5-13)7-14-12(19)15-8-2-3-9(11(17)18)10(16)6-8/h2-3,6,16H,4-5,7H2,1H3,(H,17,18)(H2,14,15,19). The molecule has 4 N–H and O–H groups in total. The monoisotopic (exact) mass is 264 g/mol. The summed E-state index contributed by atoms with van der Waals surface area (Å²) in [6.45, 7) is 2.71. The lowest BCUT2D eigenvalue weighted by Crippen LogP contribution is -2.32. The van der Waals surface area contributed by atoms with Gasteiger partial charge in [-0.25, -0.2) is 9.59 Å². The van der Waals surface area contributed by atoms with E-state index in [0.29, 0.717) is 12.2 Å². The highest BCUT2D eigenvalue weighted by Gasteiger charge is 2.37. The molecule has 6 nitrogen and oxygen atoms in total. The fraction of sp³-hybridized carbons (Fsp3) is 0.385. The Kier molecular flexibility index (Phi) is 3.33. The van der Waals surface area contributed by atoms with Gasteiger partial charge in [0.05, 0.1) is 0 Å². The third-order valence-electron chi connectivity index (χ3n) is 3.27. The molecule has 2 amide bonds. The highest BCUT2D eigenvalue weighted by molar-refractivity contribution is 5.93. The van der Waals surface area contributed by atoms with Crippen molar-refractivity contribution in [1.29, 1.82) is 0 Å². The molecular weight excluding hydrogens is 248 g/mol. The second kappa shape index (κ2) is 4.79. The van der Waals surface area contributed by atoms with Crippen LogP contribution < -0.4 is 10.6 Å². The molecule has 1 aromatic carbocycles. The van der Waals surface area contributed by atoms with Crippen LogP contribution in [0.15, 0.2) is 18.2 Å². The van der Waals surface area contributed by atoms with Crippen molar-refractivity contribution in [3.63, 3.8) is 0 Å². The molecule has 0 saturated heterocycles. The molecule has 0 aromatic heterocycles. The molecular formula is C13H16N2O4. The fourth-order valence-electron chi connectivity index (χ4n) is 1.65. The molecule has 19 heavy (non-hydrogen) atoms. The lowest BCUT2D eigenvalue weighted by Gasteiger charge is -2.11. The van der Waals surface area contributed by atoms with Crippen LogP contribution in [0.25, 0.3) is 0 Å². The van der Waals surface area contributed by atoms with Crippen LogP contribution in [-0.4, -0.2) is 28.8 Å². The first-order chi connectivity index (χ1) is 8.89. The normalized spacial score (nSPS) is 15.6. The minimum Gasteiger partial charge on any atom is -0.507 e. The number of amides is 2. The van der Waals surface area contributed by atoms with E-state index < -0.39 is 5.97 Å². The summed E-state index contributed by atoms with van der Waals surface area (Å²) in [4.78, 5) is 22.3. The average molecular weight is 264 g/mol. The quantitative estimate of drug-likeness (QED) is 0.668. The van der Waals surface area contributed by atoms with Crippen molar-refractivity contribution in [2.24, 2.45) is 5.41 Å². The van der Waals surface area contributed by atoms with Gasteiger partial charge in [0.15, 0.2) is 0 Å². The van der Waals surface area contributed by atoms with E-state index >= 15 is 0 Å². The number of carboxylic acid groups (broad SMARTS) is 1. The summed E-state index contributed by atoms with van der Waals surface area (Å²) in [7, 11) is 0. The van der Waals surface area contributed by atoms with Crippen molar-refractivity contribution in [3.8, 4) is 5.75 Å². The van der Waals surface area contributed by atoms with Crippen LogP contribution in [0.5, 0.6) is 5.75 Å². The Morgan fingerprint density at radius 2 is 2.05 bits per heavy atom. The third-order valence-corrected chi connectivity index (χ3v) is 3.27. The molecule has 0 radical (unpaired) electrons. The van der Waals surface area contributed by atoms with E-state index in [1.165, 1.54) is 18.2 Å². The summed E-state index contributed by atoms with van der Waals surface area (Å²) in [6.07, 6.45) is 2.22. The van der Waals surface area contributed by atoms with Gasteiger partial charge in [-0.1, -0.05) is 6.92 Å². The van der Waals surface area contributed by atoms with Crippen LogP contribution >= 0.6 is 0 Å². The number of carboxylic acids is 1. The highest BCUT2D eigenvalue weighted by Crippen LogP contribution is 2.44. The average Bonchev–Trinajstić information content (AvgIpc) is 3.05. The van der Waals surface area contributed by atoms with E-state index in [2.05, 4.69) is 17.6 Å². The van der Waals surface area contributed by atoms with Crippen LogP contribution in [0.1, 0.15) is 30.1 Å². The Balaban J connectivity index is 1.93. The molecule has 1 aliphatic carbocycles. The summed E-state index contributed by atoms with van der Waals surface area (Å²) in [5.41, 5.74) is 0.365. The fourth-order valence-corrected chi connectivity index (χ4v) is 1.65. The van der Waals surface area contributed by atoms with Gasteiger partial charge in [-0.15, -0.1) is 0 Å². The number of carbonyl (C=O) groups excluding carboxylic acids is 1. The van der Waals surface area contributed by atoms with Gasteiger partial charge >= 0.3 is 12.0 Å². The molecule has 0 atom stereocenters. The van der Waals surface area contributed by atoms with Crippen LogP contribution in [-0.2, 0) is 0 Å². The first-order valence-electron chi connectivity index (χ1n) is 6.01. The lowest BCUT2D eigenvalue weighted by atomic mass is 10.1. The van der Waals surface area contributed by atoms with E-state index in [1.807, 2.05) is 0 Å². The van der Waals surface area contributed by atoms with E-state index in [9.17, 15) is 14.7 Å². The zero-order valence-corrected chi connectivity index (χ0v) is 10.6. The summed E-state index contributed by atoms with van der Waals surface area (Å²) in [6, 6.07) is 3.52. The Morgan fingerprint density at radius 1 is 1.37 bits per heavy atom. The number of carbonyl (C=O) groups is 2. The number of phenols is 1. The molecule has 2 rings (SSSR count). The molecule has 1 aliphatic rings. The highest BCUT2D eigenvalue weighted by atomic mass is 16.4. The number of anilines is 1. The van der Waals surface area contributed by atoms with Gasteiger partial charge in [-0.05, 0) is 30.4 Å². The number of rotatable bonds is 4. The van der Waals surface area contributed by atoms with Crippen molar-refractivity contribution < 1.29 is 19.8 Å². The Labute approximate surface area is 110 Å². The Hall–Kier alpha value is -2.24. The number of hydrogen-bond acceptors (Lipinski definition) is 3. The van der Waals surface area contributed by atoms with E-state index in [1.54, 1.807) is 0 Å². The third kappa shape index (κ3) is 3.37. The summed E-state index contributed by atoms with van der Waals surface area (Å²) in [5.74, 6) is -1.59. The van der Waals surface area contributed by atoms with Crippen molar-refractivity contribution in [2.45, 2.75) is 19.8 Å². The number of benzene rings is 1. The topological polar surface area (TPSA) is 98.7 Å².